The van der Waals surface area contributed by atoms with Crippen LogP contribution in [0.3, 0.4) is 0 Å². The number of hydrogen-bond acceptors (Lipinski definition) is 4. The molecule has 0 aliphatic rings. The average Bonchev–Trinajstić information content (AvgIpc) is 2.47. The predicted molar refractivity (Wildman–Crippen MR) is 82.5 cm³/mol. The second-order valence-electron chi connectivity index (χ2n) is 4.90. The maximum atomic E-state index is 12.0. The Bertz CT molecular complexity index is 694. The van der Waals surface area contributed by atoms with E-state index in [1.807, 2.05) is 30.3 Å². The second kappa shape index (κ2) is 8.88. The number of hydrogen-bond donors (Lipinski definition) is 1. The number of aliphatic hydroxyl groups excluding tert-OH is 1. The van der Waals surface area contributed by atoms with Crippen molar-refractivity contribution in [2.24, 2.45) is 0 Å². The van der Waals surface area contributed by atoms with Gasteiger partial charge in [0.2, 0.25) is 0 Å². The van der Waals surface area contributed by atoms with Gasteiger partial charge in [-0.2, -0.15) is 0 Å². The molecule has 0 fully saturated rings. The van der Waals surface area contributed by atoms with Crippen LogP contribution in [-0.4, -0.2) is 17.9 Å². The minimum atomic E-state index is -3.96. The van der Waals surface area contributed by atoms with Crippen molar-refractivity contribution in [3.05, 3.63) is 54.1 Å². The summed E-state index contributed by atoms with van der Waals surface area (Å²) < 4.78 is 17.3. The summed E-state index contributed by atoms with van der Waals surface area (Å²) in [4.78, 5) is 12.0. The molecule has 4 nitrogen and oxygen atoms in total. The molecule has 0 radical (unpaired) electrons. The van der Waals surface area contributed by atoms with Crippen molar-refractivity contribution < 1.29 is 48.6 Å². The smallest absolute Gasteiger partial charge is 0.769 e. The van der Waals surface area contributed by atoms with E-state index >= 15 is 0 Å². The van der Waals surface area contributed by atoms with Gasteiger partial charge in [0, 0.05) is 11.5 Å². The zero-order valence-corrected chi connectivity index (χ0v) is 15.8. The van der Waals surface area contributed by atoms with E-state index in [4.69, 9.17) is 9.63 Å². The Morgan fingerprint density at radius 2 is 1.95 bits per heavy atom. The minimum absolute atomic E-state index is 0. The molecule has 0 aliphatic carbocycles. The van der Waals surface area contributed by atoms with Crippen LogP contribution in [0.2, 0.25) is 0 Å². The molecule has 2 aromatic rings. The Kier molecular flexibility index (Phi) is 7.84. The van der Waals surface area contributed by atoms with Crippen molar-refractivity contribution >= 4 is 18.4 Å². The first-order valence-electron chi connectivity index (χ1n) is 6.76. The van der Waals surface area contributed by atoms with E-state index in [0.29, 0.717) is 12.2 Å². The zero-order chi connectivity index (χ0) is 15.3. The van der Waals surface area contributed by atoms with Gasteiger partial charge in [-0.05, 0) is 24.8 Å². The van der Waals surface area contributed by atoms with Crippen LogP contribution >= 0.6 is 7.60 Å². The summed E-state index contributed by atoms with van der Waals surface area (Å²) >= 11 is 0. The molecule has 0 amide bonds. The fourth-order valence-corrected chi connectivity index (χ4v) is 3.00. The molecule has 22 heavy (non-hydrogen) atoms. The molecule has 0 saturated heterocycles. The zero-order valence-electron chi connectivity index (χ0n) is 12.9. The molecule has 6 heteroatoms. The first-order valence-corrected chi connectivity index (χ1v) is 8.48. The van der Waals surface area contributed by atoms with E-state index in [2.05, 4.69) is 0 Å². The maximum absolute atomic E-state index is 12.0. The Morgan fingerprint density at radius 3 is 2.68 bits per heavy atom. The number of rotatable bonds is 6. The molecule has 0 aromatic heterocycles. The third kappa shape index (κ3) is 5.54. The SMILES string of the molecule is C/C(=C/CCP(=O)([O-])Oc1cccc2ccccc12)CO.[Na+]. The molecule has 2 rings (SSSR count). The van der Waals surface area contributed by atoms with Gasteiger partial charge >= 0.3 is 29.6 Å². The van der Waals surface area contributed by atoms with E-state index in [1.54, 1.807) is 25.1 Å². The molecule has 1 N–H and O–H groups in total. The Labute approximate surface area is 152 Å². The second-order valence-corrected chi connectivity index (χ2v) is 6.75. The summed E-state index contributed by atoms with van der Waals surface area (Å²) in [6.45, 7) is 1.69. The van der Waals surface area contributed by atoms with Gasteiger partial charge in [0.15, 0.2) is 7.60 Å². The number of fused-ring (bicyclic) bond motifs is 1. The summed E-state index contributed by atoms with van der Waals surface area (Å²) in [7, 11) is -3.96. The van der Waals surface area contributed by atoms with Crippen LogP contribution < -0.4 is 39.0 Å². The third-order valence-corrected chi connectivity index (χ3v) is 4.41. The largest absolute Gasteiger partial charge is 1.00 e. The van der Waals surface area contributed by atoms with Crippen LogP contribution in [0.4, 0.5) is 0 Å². The molecule has 0 aliphatic heterocycles. The molecule has 0 bridgehead atoms. The van der Waals surface area contributed by atoms with E-state index in [-0.39, 0.29) is 42.3 Å². The van der Waals surface area contributed by atoms with E-state index in [9.17, 15) is 9.46 Å². The minimum Gasteiger partial charge on any atom is -0.769 e. The van der Waals surface area contributed by atoms with Gasteiger partial charge in [-0.3, -0.25) is 4.57 Å². The summed E-state index contributed by atoms with van der Waals surface area (Å²) in [6, 6.07) is 12.8. The van der Waals surface area contributed by atoms with Crippen molar-refractivity contribution in [1.29, 1.82) is 0 Å². The van der Waals surface area contributed by atoms with Gasteiger partial charge in [0.25, 0.3) is 0 Å². The molecule has 2 aromatic carbocycles. The first kappa shape index (κ1) is 19.4. The summed E-state index contributed by atoms with van der Waals surface area (Å²) in [5.74, 6) is 0.356. The molecule has 0 saturated carbocycles. The molecule has 1 unspecified atom stereocenters. The first-order chi connectivity index (χ1) is 10.0. The standard InChI is InChI=1S/C16H19O4P.Na/c1-13(12-17)6-5-11-21(18,19)20-16-10-4-8-14-7-2-3-9-15(14)16;/h2-4,6-10,17H,5,11-12H2,1H3,(H,18,19);/q;+1/p-1/b13-6-;. The monoisotopic (exact) mass is 328 g/mol. The predicted octanol–water partition coefficient (Wildman–Crippen LogP) is 0.105. The summed E-state index contributed by atoms with van der Waals surface area (Å²) in [5, 5.41) is 10.6. The molecular formula is C16H18NaO4P. The molecule has 0 spiro atoms. The van der Waals surface area contributed by atoms with Crippen molar-refractivity contribution in [2.45, 2.75) is 13.3 Å². The van der Waals surface area contributed by atoms with Crippen molar-refractivity contribution in [1.82, 2.24) is 0 Å². The molecule has 112 valence electrons. The summed E-state index contributed by atoms with van der Waals surface area (Å²) in [5.41, 5.74) is 0.750. The third-order valence-electron chi connectivity index (χ3n) is 3.13. The van der Waals surface area contributed by atoms with Crippen molar-refractivity contribution in [3.63, 3.8) is 0 Å². The maximum Gasteiger partial charge on any atom is 1.00 e. The quantitative estimate of drug-likeness (QED) is 0.464. The number of benzene rings is 2. The fraction of sp³-hybridized carbons (Fsp3) is 0.250. The van der Waals surface area contributed by atoms with E-state index in [0.717, 1.165) is 16.3 Å². The van der Waals surface area contributed by atoms with E-state index < -0.39 is 7.60 Å². The number of allylic oxidation sites excluding steroid dienone is 1. The molecule has 1 atom stereocenters. The molecular weight excluding hydrogens is 310 g/mol. The number of aliphatic hydroxyl groups is 1. The van der Waals surface area contributed by atoms with Crippen LogP contribution in [0.15, 0.2) is 54.1 Å². The Hall–Kier alpha value is -0.610. The van der Waals surface area contributed by atoms with Crippen LogP contribution in [0.1, 0.15) is 13.3 Å². The van der Waals surface area contributed by atoms with E-state index in [1.165, 1.54) is 0 Å². The summed E-state index contributed by atoms with van der Waals surface area (Å²) in [6.07, 6.45) is 1.95. The normalized spacial score (nSPS) is 14.2. The van der Waals surface area contributed by atoms with Gasteiger partial charge in [0.05, 0.1) is 6.61 Å². The van der Waals surface area contributed by atoms with Crippen LogP contribution in [0.25, 0.3) is 10.8 Å². The average molecular weight is 328 g/mol. The fourth-order valence-electron chi connectivity index (χ4n) is 2.00. The van der Waals surface area contributed by atoms with Crippen LogP contribution in [-0.2, 0) is 4.57 Å². The van der Waals surface area contributed by atoms with Crippen molar-refractivity contribution in [3.8, 4) is 5.75 Å². The van der Waals surface area contributed by atoms with Gasteiger partial charge < -0.3 is 14.5 Å². The molecule has 0 heterocycles. The van der Waals surface area contributed by atoms with Gasteiger partial charge in [-0.15, -0.1) is 0 Å². The van der Waals surface area contributed by atoms with Crippen LogP contribution in [0, 0.1) is 0 Å². The van der Waals surface area contributed by atoms with Gasteiger partial charge in [0.1, 0.15) is 5.75 Å². The van der Waals surface area contributed by atoms with Crippen molar-refractivity contribution in [2.75, 3.05) is 12.8 Å². The van der Waals surface area contributed by atoms with Crippen LogP contribution in [0.5, 0.6) is 5.75 Å². The topological polar surface area (TPSA) is 69.6 Å². The van der Waals surface area contributed by atoms with Gasteiger partial charge in [-0.25, -0.2) is 0 Å². The van der Waals surface area contributed by atoms with Gasteiger partial charge in [-0.1, -0.05) is 48.0 Å². The Morgan fingerprint density at radius 1 is 1.27 bits per heavy atom. The Balaban J connectivity index is 0.00000242.